The minimum atomic E-state index is -0.119. The fourth-order valence-electron chi connectivity index (χ4n) is 1.75. The first-order chi connectivity index (χ1) is 7.97. The van der Waals surface area contributed by atoms with Crippen molar-refractivity contribution in [2.24, 2.45) is 0 Å². The topological polar surface area (TPSA) is 26.3 Å². The summed E-state index contributed by atoms with van der Waals surface area (Å²) in [4.78, 5) is 11.1. The Morgan fingerprint density at radius 2 is 1.76 bits per heavy atom. The van der Waals surface area contributed by atoms with E-state index in [1.807, 2.05) is 26.0 Å². The highest BCUT2D eigenvalue weighted by atomic mass is 16.5. The molecular formula is C15H22O2. The predicted molar refractivity (Wildman–Crippen MR) is 70.4 cm³/mol. The van der Waals surface area contributed by atoms with Crippen LogP contribution in [0.2, 0.25) is 0 Å². The lowest BCUT2D eigenvalue weighted by Gasteiger charge is -2.22. The number of aryl methyl sites for hydroxylation is 1. The maximum absolute atomic E-state index is 11.1. The molecule has 94 valence electrons. The highest BCUT2D eigenvalue weighted by molar-refractivity contribution is 5.75. The SMILES string of the molecule is CC.CC(C)(C)c1ccc2c(c1)CCC(=O)O2. The zero-order valence-corrected chi connectivity index (χ0v) is 11.5. The van der Waals surface area contributed by atoms with Gasteiger partial charge in [0.15, 0.2) is 0 Å². The second-order valence-corrected chi connectivity index (χ2v) is 5.05. The lowest BCUT2D eigenvalue weighted by atomic mass is 9.85. The lowest BCUT2D eigenvalue weighted by Crippen LogP contribution is -2.17. The molecule has 1 aromatic carbocycles. The first-order valence-corrected chi connectivity index (χ1v) is 6.31. The molecule has 1 heterocycles. The predicted octanol–water partition coefficient (Wildman–Crippen LogP) is 3.86. The van der Waals surface area contributed by atoms with Gasteiger partial charge in [-0.2, -0.15) is 0 Å². The molecule has 2 heteroatoms. The van der Waals surface area contributed by atoms with Gasteiger partial charge in [-0.1, -0.05) is 46.8 Å². The lowest BCUT2D eigenvalue weighted by molar-refractivity contribution is -0.135. The molecular weight excluding hydrogens is 212 g/mol. The number of ether oxygens (including phenoxy) is 1. The largest absolute Gasteiger partial charge is 0.426 e. The third kappa shape index (κ3) is 3.32. The van der Waals surface area contributed by atoms with E-state index >= 15 is 0 Å². The van der Waals surface area contributed by atoms with E-state index in [-0.39, 0.29) is 11.4 Å². The van der Waals surface area contributed by atoms with Crippen LogP contribution in [0.15, 0.2) is 18.2 Å². The van der Waals surface area contributed by atoms with Crippen LogP contribution in [-0.2, 0) is 16.6 Å². The van der Waals surface area contributed by atoms with Gasteiger partial charge < -0.3 is 4.74 Å². The van der Waals surface area contributed by atoms with E-state index in [1.165, 1.54) is 5.56 Å². The number of benzene rings is 1. The highest BCUT2D eigenvalue weighted by Gasteiger charge is 2.20. The molecule has 0 amide bonds. The van der Waals surface area contributed by atoms with E-state index in [4.69, 9.17) is 4.74 Å². The highest BCUT2D eigenvalue weighted by Crippen LogP contribution is 2.30. The van der Waals surface area contributed by atoms with Crippen LogP contribution < -0.4 is 4.74 Å². The van der Waals surface area contributed by atoms with E-state index in [0.29, 0.717) is 6.42 Å². The van der Waals surface area contributed by atoms with Gasteiger partial charge in [0, 0.05) is 0 Å². The van der Waals surface area contributed by atoms with Gasteiger partial charge in [0.2, 0.25) is 0 Å². The summed E-state index contributed by atoms with van der Waals surface area (Å²) in [5, 5.41) is 0. The van der Waals surface area contributed by atoms with E-state index in [1.54, 1.807) is 0 Å². The summed E-state index contributed by atoms with van der Waals surface area (Å²) < 4.78 is 5.16. The number of carbonyl (C=O) groups is 1. The molecule has 0 aliphatic carbocycles. The van der Waals surface area contributed by atoms with Crippen molar-refractivity contribution >= 4 is 5.97 Å². The van der Waals surface area contributed by atoms with Crippen molar-refractivity contribution in [1.29, 1.82) is 0 Å². The summed E-state index contributed by atoms with van der Waals surface area (Å²) in [5.41, 5.74) is 2.59. The van der Waals surface area contributed by atoms with E-state index < -0.39 is 0 Å². The molecule has 1 aromatic rings. The van der Waals surface area contributed by atoms with Crippen LogP contribution in [-0.4, -0.2) is 5.97 Å². The van der Waals surface area contributed by atoms with Gasteiger partial charge in [0.25, 0.3) is 0 Å². The van der Waals surface area contributed by atoms with Crippen molar-refractivity contribution in [2.75, 3.05) is 0 Å². The molecule has 0 unspecified atom stereocenters. The number of hydrogen-bond donors (Lipinski definition) is 0. The third-order valence-corrected chi connectivity index (χ3v) is 2.75. The van der Waals surface area contributed by atoms with Gasteiger partial charge in [-0.15, -0.1) is 0 Å². The number of fused-ring (bicyclic) bond motifs is 1. The summed E-state index contributed by atoms with van der Waals surface area (Å²) >= 11 is 0. The Balaban J connectivity index is 0.000000686. The van der Waals surface area contributed by atoms with Gasteiger partial charge in [-0.05, 0) is 29.0 Å². The molecule has 0 fully saturated rings. The molecule has 0 aromatic heterocycles. The van der Waals surface area contributed by atoms with Crippen LogP contribution >= 0.6 is 0 Å². The monoisotopic (exact) mass is 234 g/mol. The van der Waals surface area contributed by atoms with Crippen LogP contribution in [0, 0.1) is 0 Å². The molecule has 0 saturated carbocycles. The summed E-state index contributed by atoms with van der Waals surface area (Å²) in [6.07, 6.45) is 1.30. The number of hydrogen-bond acceptors (Lipinski definition) is 2. The Morgan fingerprint density at radius 1 is 1.12 bits per heavy atom. The van der Waals surface area contributed by atoms with Gasteiger partial charge >= 0.3 is 5.97 Å². The normalized spacial score (nSPS) is 14.3. The van der Waals surface area contributed by atoms with Crippen LogP contribution in [0.1, 0.15) is 52.2 Å². The molecule has 0 spiro atoms. The van der Waals surface area contributed by atoms with Crippen molar-refractivity contribution in [1.82, 2.24) is 0 Å². The summed E-state index contributed by atoms with van der Waals surface area (Å²) in [6.45, 7) is 10.6. The average molecular weight is 234 g/mol. The second kappa shape index (κ2) is 5.35. The summed E-state index contributed by atoms with van der Waals surface area (Å²) in [5.74, 6) is 0.616. The van der Waals surface area contributed by atoms with Crippen LogP contribution in [0.25, 0.3) is 0 Å². The Labute approximate surface area is 104 Å². The molecule has 2 nitrogen and oxygen atoms in total. The van der Waals surface area contributed by atoms with Crippen molar-refractivity contribution in [3.05, 3.63) is 29.3 Å². The third-order valence-electron chi connectivity index (χ3n) is 2.75. The summed E-state index contributed by atoms with van der Waals surface area (Å²) in [7, 11) is 0. The number of carbonyl (C=O) groups excluding carboxylic acids is 1. The molecule has 0 bridgehead atoms. The average Bonchev–Trinajstić information content (AvgIpc) is 2.29. The van der Waals surface area contributed by atoms with Crippen LogP contribution in [0.5, 0.6) is 5.75 Å². The van der Waals surface area contributed by atoms with Crippen molar-refractivity contribution < 1.29 is 9.53 Å². The molecule has 0 radical (unpaired) electrons. The van der Waals surface area contributed by atoms with Crippen molar-refractivity contribution in [3.8, 4) is 5.75 Å². The van der Waals surface area contributed by atoms with Gasteiger partial charge in [-0.3, -0.25) is 4.79 Å². The quantitative estimate of drug-likeness (QED) is 0.503. The maximum Gasteiger partial charge on any atom is 0.311 e. The number of rotatable bonds is 0. The fraction of sp³-hybridized carbons (Fsp3) is 0.533. The maximum atomic E-state index is 11.1. The molecule has 0 N–H and O–H groups in total. The minimum Gasteiger partial charge on any atom is -0.426 e. The van der Waals surface area contributed by atoms with E-state index in [9.17, 15) is 4.79 Å². The van der Waals surface area contributed by atoms with E-state index in [2.05, 4.69) is 26.8 Å². The standard InChI is InChI=1S/C13H16O2.C2H6/c1-13(2,3)10-5-6-11-9(8-10)4-7-12(14)15-11;1-2/h5-6,8H,4,7H2,1-3H3;1-2H3. The van der Waals surface area contributed by atoms with E-state index in [0.717, 1.165) is 17.7 Å². The molecule has 1 aliphatic rings. The molecule has 0 atom stereocenters. The molecule has 2 rings (SSSR count). The fourth-order valence-corrected chi connectivity index (χ4v) is 1.75. The first-order valence-electron chi connectivity index (χ1n) is 6.31. The molecule has 0 saturated heterocycles. The van der Waals surface area contributed by atoms with Crippen molar-refractivity contribution in [3.63, 3.8) is 0 Å². The van der Waals surface area contributed by atoms with Crippen molar-refractivity contribution in [2.45, 2.75) is 52.9 Å². The Kier molecular flexibility index (Phi) is 4.33. The number of esters is 1. The second-order valence-electron chi connectivity index (χ2n) is 5.05. The van der Waals surface area contributed by atoms with Gasteiger partial charge in [-0.25, -0.2) is 0 Å². The van der Waals surface area contributed by atoms with Gasteiger partial charge in [0.05, 0.1) is 6.42 Å². The van der Waals surface area contributed by atoms with Gasteiger partial charge in [0.1, 0.15) is 5.75 Å². The summed E-state index contributed by atoms with van der Waals surface area (Å²) in [6, 6.07) is 6.10. The Hall–Kier alpha value is -1.31. The molecule has 1 aliphatic heterocycles. The Morgan fingerprint density at radius 3 is 2.35 bits per heavy atom. The Bertz CT molecular complexity index is 400. The van der Waals surface area contributed by atoms with Crippen LogP contribution in [0.3, 0.4) is 0 Å². The minimum absolute atomic E-state index is 0.119. The molecule has 17 heavy (non-hydrogen) atoms. The zero-order chi connectivity index (χ0) is 13.1. The first kappa shape index (κ1) is 13.8. The smallest absolute Gasteiger partial charge is 0.311 e. The van der Waals surface area contributed by atoms with Crippen LogP contribution in [0.4, 0.5) is 0 Å². The zero-order valence-electron chi connectivity index (χ0n) is 11.5.